The van der Waals surface area contributed by atoms with Gasteiger partial charge in [0.05, 0.1) is 13.2 Å². The number of hydrogen-bond acceptors (Lipinski definition) is 3. The average Bonchev–Trinajstić information content (AvgIpc) is 3.19. The van der Waals surface area contributed by atoms with Crippen molar-refractivity contribution in [3.8, 4) is 5.75 Å². The summed E-state index contributed by atoms with van der Waals surface area (Å²) < 4.78 is 5.71. The van der Waals surface area contributed by atoms with E-state index in [0.29, 0.717) is 11.8 Å². The Morgan fingerprint density at radius 2 is 1.83 bits per heavy atom. The Balaban J connectivity index is 1.59. The molecule has 0 saturated carbocycles. The monoisotopic (exact) mass is 392 g/mol. The first kappa shape index (κ1) is 20.0. The maximum Gasteiger partial charge on any atom is 0.219 e. The molecule has 0 N–H and O–H groups in total. The lowest BCUT2D eigenvalue weighted by atomic mass is 9.87. The summed E-state index contributed by atoms with van der Waals surface area (Å²) in [5.41, 5.74) is 6.32. The van der Waals surface area contributed by atoms with E-state index in [4.69, 9.17) is 4.74 Å². The topological polar surface area (TPSA) is 32.8 Å². The molecule has 2 heterocycles. The lowest BCUT2D eigenvalue weighted by Gasteiger charge is -2.30. The van der Waals surface area contributed by atoms with E-state index in [1.165, 1.54) is 27.8 Å². The first-order valence-corrected chi connectivity index (χ1v) is 10.6. The third-order valence-corrected chi connectivity index (χ3v) is 6.75. The van der Waals surface area contributed by atoms with E-state index >= 15 is 0 Å². The van der Waals surface area contributed by atoms with Gasteiger partial charge in [-0.05, 0) is 43.4 Å². The van der Waals surface area contributed by atoms with E-state index in [9.17, 15) is 4.79 Å². The summed E-state index contributed by atoms with van der Waals surface area (Å²) in [5.74, 6) is 2.21. The smallest absolute Gasteiger partial charge is 0.219 e. The maximum absolute atomic E-state index is 12.4. The zero-order valence-corrected chi connectivity index (χ0v) is 18.2. The van der Waals surface area contributed by atoms with Gasteiger partial charge < -0.3 is 9.64 Å². The van der Waals surface area contributed by atoms with Gasteiger partial charge in [-0.3, -0.25) is 9.69 Å². The molecule has 2 aromatic carbocycles. The van der Waals surface area contributed by atoms with Crippen LogP contribution >= 0.6 is 0 Å². The first-order chi connectivity index (χ1) is 13.9. The van der Waals surface area contributed by atoms with Crippen LogP contribution < -0.4 is 4.74 Å². The van der Waals surface area contributed by atoms with Crippen molar-refractivity contribution in [2.75, 3.05) is 26.7 Å². The second-order valence-corrected chi connectivity index (χ2v) is 8.87. The molecule has 2 saturated heterocycles. The predicted molar refractivity (Wildman–Crippen MR) is 116 cm³/mol. The minimum atomic E-state index is 0.185. The molecule has 0 radical (unpaired) electrons. The van der Waals surface area contributed by atoms with Gasteiger partial charge in [0.25, 0.3) is 0 Å². The quantitative estimate of drug-likeness (QED) is 0.779. The molecule has 2 fully saturated rings. The van der Waals surface area contributed by atoms with Crippen molar-refractivity contribution < 1.29 is 9.53 Å². The molecule has 4 nitrogen and oxygen atoms in total. The largest absolute Gasteiger partial charge is 0.496 e. The summed E-state index contributed by atoms with van der Waals surface area (Å²) in [6.45, 7) is 12.0. The van der Waals surface area contributed by atoms with Crippen LogP contribution in [0.15, 0.2) is 36.4 Å². The SMILES string of the molecule is COc1c(C)cc(C)cc1CN1C[C@@H]2CN(C(C)=O)[C@H](c3ccccc3C)[C@@H]2C1. The van der Waals surface area contributed by atoms with Crippen LogP contribution in [0.2, 0.25) is 0 Å². The average molecular weight is 393 g/mol. The summed E-state index contributed by atoms with van der Waals surface area (Å²) in [7, 11) is 1.76. The molecule has 0 aromatic heterocycles. The third-order valence-electron chi connectivity index (χ3n) is 6.75. The summed E-state index contributed by atoms with van der Waals surface area (Å²) in [5, 5.41) is 0. The van der Waals surface area contributed by atoms with Gasteiger partial charge in [-0.25, -0.2) is 0 Å². The molecule has 2 aliphatic rings. The van der Waals surface area contributed by atoms with Crippen molar-refractivity contribution in [1.82, 2.24) is 9.80 Å². The van der Waals surface area contributed by atoms with E-state index in [1.54, 1.807) is 14.0 Å². The van der Waals surface area contributed by atoms with Crippen molar-refractivity contribution in [3.63, 3.8) is 0 Å². The number of methoxy groups -OCH3 is 1. The molecule has 4 rings (SSSR count). The van der Waals surface area contributed by atoms with Gasteiger partial charge >= 0.3 is 0 Å². The summed E-state index contributed by atoms with van der Waals surface area (Å²) in [6, 6.07) is 13.2. The van der Waals surface area contributed by atoms with Crippen molar-refractivity contribution in [1.29, 1.82) is 0 Å². The van der Waals surface area contributed by atoms with Crippen molar-refractivity contribution >= 4 is 5.91 Å². The zero-order chi connectivity index (χ0) is 20.7. The summed E-state index contributed by atoms with van der Waals surface area (Å²) in [4.78, 5) is 17.1. The number of aryl methyl sites for hydroxylation is 3. The highest BCUT2D eigenvalue weighted by Gasteiger charge is 2.48. The molecule has 154 valence electrons. The standard InChI is InChI=1S/C25H32N2O2/c1-16-10-18(3)25(29-5)20(11-16)12-26-13-21-14-27(19(4)28)24(23(21)15-26)22-9-7-6-8-17(22)2/h6-11,21,23-24H,12-15H2,1-5H3/t21-,23-,24-/m1/s1. The van der Waals surface area contributed by atoms with Crippen LogP contribution in [-0.4, -0.2) is 42.5 Å². The van der Waals surface area contributed by atoms with Crippen LogP contribution in [0.3, 0.4) is 0 Å². The second-order valence-electron chi connectivity index (χ2n) is 8.87. The molecular weight excluding hydrogens is 360 g/mol. The summed E-state index contributed by atoms with van der Waals surface area (Å²) >= 11 is 0. The molecule has 3 atom stereocenters. The number of hydrogen-bond donors (Lipinski definition) is 0. The number of ether oxygens (including phenoxy) is 1. The van der Waals surface area contributed by atoms with Crippen LogP contribution in [0, 0.1) is 32.6 Å². The van der Waals surface area contributed by atoms with Crippen LogP contribution in [0.1, 0.15) is 40.8 Å². The van der Waals surface area contributed by atoms with E-state index in [2.05, 4.69) is 67.0 Å². The fraction of sp³-hybridized carbons (Fsp3) is 0.480. The fourth-order valence-corrected chi connectivity index (χ4v) is 5.60. The molecule has 29 heavy (non-hydrogen) atoms. The molecule has 0 spiro atoms. The Hall–Kier alpha value is -2.33. The highest BCUT2D eigenvalue weighted by Crippen LogP contribution is 2.46. The molecule has 2 aromatic rings. The highest BCUT2D eigenvalue weighted by atomic mass is 16.5. The van der Waals surface area contributed by atoms with Crippen LogP contribution in [-0.2, 0) is 11.3 Å². The molecule has 4 heteroatoms. The lowest BCUT2D eigenvalue weighted by Crippen LogP contribution is -2.34. The number of carbonyl (C=O) groups is 1. The van der Waals surface area contributed by atoms with Crippen molar-refractivity contribution in [3.05, 3.63) is 64.2 Å². The van der Waals surface area contributed by atoms with E-state index in [-0.39, 0.29) is 11.9 Å². The van der Waals surface area contributed by atoms with Gasteiger partial charge in [-0.15, -0.1) is 0 Å². The number of fused-ring (bicyclic) bond motifs is 1. The normalized spacial score (nSPS) is 24.0. The Kier molecular flexibility index (Phi) is 5.39. The fourth-order valence-electron chi connectivity index (χ4n) is 5.60. The number of benzene rings is 2. The van der Waals surface area contributed by atoms with Gasteiger partial charge in [-0.1, -0.05) is 42.0 Å². The zero-order valence-electron chi connectivity index (χ0n) is 18.2. The van der Waals surface area contributed by atoms with E-state index < -0.39 is 0 Å². The van der Waals surface area contributed by atoms with Gasteiger partial charge in [0, 0.05) is 44.6 Å². The van der Waals surface area contributed by atoms with Crippen LogP contribution in [0.4, 0.5) is 0 Å². The molecule has 0 unspecified atom stereocenters. The number of rotatable bonds is 4. The van der Waals surface area contributed by atoms with Gasteiger partial charge in [0.2, 0.25) is 5.91 Å². The third kappa shape index (κ3) is 3.66. The maximum atomic E-state index is 12.4. The molecular formula is C25H32N2O2. The number of amides is 1. The lowest BCUT2D eigenvalue weighted by molar-refractivity contribution is -0.130. The Morgan fingerprint density at radius 3 is 2.52 bits per heavy atom. The Bertz CT molecular complexity index is 923. The van der Waals surface area contributed by atoms with Crippen molar-refractivity contribution in [2.24, 2.45) is 11.8 Å². The van der Waals surface area contributed by atoms with Gasteiger partial charge in [0.15, 0.2) is 0 Å². The second kappa shape index (κ2) is 7.83. The van der Waals surface area contributed by atoms with E-state index in [0.717, 1.165) is 31.9 Å². The van der Waals surface area contributed by atoms with Crippen LogP contribution in [0.25, 0.3) is 0 Å². The minimum Gasteiger partial charge on any atom is -0.496 e. The van der Waals surface area contributed by atoms with Crippen LogP contribution in [0.5, 0.6) is 5.75 Å². The number of carbonyl (C=O) groups excluding carboxylic acids is 1. The molecule has 0 bridgehead atoms. The Morgan fingerprint density at radius 1 is 1.07 bits per heavy atom. The number of likely N-dealkylation sites (tertiary alicyclic amines) is 2. The van der Waals surface area contributed by atoms with E-state index in [1.807, 2.05) is 0 Å². The molecule has 2 aliphatic heterocycles. The number of nitrogens with zero attached hydrogens (tertiary/aromatic N) is 2. The van der Waals surface area contributed by atoms with Crippen molar-refractivity contribution in [2.45, 2.75) is 40.3 Å². The first-order valence-electron chi connectivity index (χ1n) is 10.6. The molecule has 1 amide bonds. The minimum absolute atomic E-state index is 0.185. The predicted octanol–water partition coefficient (Wildman–Crippen LogP) is 4.27. The summed E-state index contributed by atoms with van der Waals surface area (Å²) in [6.07, 6.45) is 0. The highest BCUT2D eigenvalue weighted by molar-refractivity contribution is 5.74. The van der Waals surface area contributed by atoms with Gasteiger partial charge in [0.1, 0.15) is 5.75 Å². The Labute approximate surface area is 174 Å². The van der Waals surface area contributed by atoms with Gasteiger partial charge in [-0.2, -0.15) is 0 Å². The molecule has 0 aliphatic carbocycles.